The topological polar surface area (TPSA) is 24.9 Å². The number of nitrogens with zero attached hydrogens (tertiary/aromatic N) is 1. The molecule has 0 aliphatic rings. The van der Waals surface area contributed by atoms with Gasteiger partial charge in [0.05, 0.1) is 12.1 Å². The first-order valence-electron chi connectivity index (χ1n) is 3.68. The first-order valence-corrected chi connectivity index (χ1v) is 4.85. The van der Waals surface area contributed by atoms with Gasteiger partial charge in [0.25, 0.3) is 0 Å². The fraction of sp³-hybridized carbons (Fsp3) is 0.222. The number of nitrogens with one attached hydrogen (secondary N) is 1. The molecular weight excluding hydrogens is 251 g/mol. The number of hydrogen-bond acceptors (Lipinski definition) is 2. The summed E-state index contributed by atoms with van der Waals surface area (Å²) >= 11 is 9.12. The summed E-state index contributed by atoms with van der Waals surface area (Å²) in [5.41, 5.74) is 0.742. The molecule has 0 saturated heterocycles. The van der Waals surface area contributed by atoms with Crippen LogP contribution < -0.4 is 5.32 Å². The minimum atomic E-state index is 0.437. The van der Waals surface area contributed by atoms with Crippen LogP contribution in [0.3, 0.4) is 0 Å². The fourth-order valence-electron chi connectivity index (χ4n) is 0.738. The summed E-state index contributed by atoms with van der Waals surface area (Å²) in [6.07, 6.45) is 1.64. The van der Waals surface area contributed by atoms with Gasteiger partial charge in [0.2, 0.25) is 0 Å². The highest BCUT2D eigenvalue weighted by Crippen LogP contribution is 2.16. The molecule has 4 heteroatoms. The normalized spacial score (nSPS) is 9.15. The SMILES string of the molecule is CNCC#Cc1cc(Br)cnc1Cl. The van der Waals surface area contributed by atoms with Crippen molar-refractivity contribution >= 4 is 27.5 Å². The second-order valence-corrected chi connectivity index (χ2v) is 3.60. The average Bonchev–Trinajstić information content (AvgIpc) is 2.11. The molecule has 1 aromatic rings. The Morgan fingerprint density at radius 1 is 1.69 bits per heavy atom. The van der Waals surface area contributed by atoms with Crippen LogP contribution in [0, 0.1) is 11.8 Å². The van der Waals surface area contributed by atoms with E-state index in [1.54, 1.807) is 6.20 Å². The zero-order chi connectivity index (χ0) is 9.68. The molecule has 2 nitrogen and oxygen atoms in total. The molecule has 0 unspecified atom stereocenters. The molecule has 1 rings (SSSR count). The van der Waals surface area contributed by atoms with E-state index in [4.69, 9.17) is 11.6 Å². The van der Waals surface area contributed by atoms with Crippen molar-refractivity contribution in [1.29, 1.82) is 0 Å². The number of rotatable bonds is 1. The molecule has 1 heterocycles. The highest BCUT2D eigenvalue weighted by molar-refractivity contribution is 9.10. The monoisotopic (exact) mass is 258 g/mol. The molecule has 1 N–H and O–H groups in total. The van der Waals surface area contributed by atoms with E-state index in [9.17, 15) is 0 Å². The molecule has 68 valence electrons. The molecule has 0 saturated carbocycles. The lowest BCUT2D eigenvalue weighted by Gasteiger charge is -1.94. The lowest BCUT2D eigenvalue weighted by molar-refractivity contribution is 0.938. The number of hydrogen-bond donors (Lipinski definition) is 1. The molecule has 0 bridgehead atoms. The third-order valence-electron chi connectivity index (χ3n) is 1.29. The predicted molar refractivity (Wildman–Crippen MR) is 57.8 cm³/mol. The summed E-state index contributed by atoms with van der Waals surface area (Å²) in [5, 5.41) is 3.36. The van der Waals surface area contributed by atoms with Gasteiger partial charge in [-0.25, -0.2) is 4.98 Å². The average molecular weight is 260 g/mol. The van der Waals surface area contributed by atoms with Crippen molar-refractivity contribution in [1.82, 2.24) is 10.3 Å². The van der Waals surface area contributed by atoms with Crippen molar-refractivity contribution in [2.45, 2.75) is 0 Å². The predicted octanol–water partition coefficient (Wildman–Crippen LogP) is 2.07. The molecule has 1 aromatic heterocycles. The summed E-state index contributed by atoms with van der Waals surface area (Å²) in [5.74, 6) is 5.83. The maximum Gasteiger partial charge on any atom is 0.144 e. The van der Waals surface area contributed by atoms with Crippen molar-refractivity contribution in [3.8, 4) is 11.8 Å². The van der Waals surface area contributed by atoms with Gasteiger partial charge < -0.3 is 5.32 Å². The Balaban J connectivity index is 2.89. The highest BCUT2D eigenvalue weighted by atomic mass is 79.9. The third kappa shape index (κ3) is 3.35. The Bertz CT molecular complexity index is 354. The molecule has 0 spiro atoms. The maximum absolute atomic E-state index is 5.82. The van der Waals surface area contributed by atoms with Crippen molar-refractivity contribution in [3.63, 3.8) is 0 Å². The minimum absolute atomic E-state index is 0.437. The van der Waals surface area contributed by atoms with Crippen LogP contribution in [0.5, 0.6) is 0 Å². The summed E-state index contributed by atoms with van der Waals surface area (Å²) in [7, 11) is 1.84. The molecule has 0 atom stereocenters. The molecule has 0 fully saturated rings. The first-order chi connectivity index (χ1) is 6.24. The Morgan fingerprint density at radius 2 is 2.46 bits per heavy atom. The molecular formula is C9H8BrClN2. The van der Waals surface area contributed by atoms with Gasteiger partial charge >= 0.3 is 0 Å². The van der Waals surface area contributed by atoms with Gasteiger partial charge in [-0.1, -0.05) is 23.4 Å². The van der Waals surface area contributed by atoms with E-state index in [0.29, 0.717) is 11.7 Å². The van der Waals surface area contributed by atoms with E-state index in [-0.39, 0.29) is 0 Å². The van der Waals surface area contributed by atoms with Crippen LogP contribution in [0.1, 0.15) is 5.56 Å². The van der Waals surface area contributed by atoms with E-state index in [2.05, 4.69) is 38.1 Å². The van der Waals surface area contributed by atoms with Crippen LogP contribution >= 0.6 is 27.5 Å². The van der Waals surface area contributed by atoms with Gasteiger partial charge in [-0.15, -0.1) is 0 Å². The summed E-state index contributed by atoms with van der Waals surface area (Å²) in [6, 6.07) is 1.85. The van der Waals surface area contributed by atoms with Crippen molar-refractivity contribution in [2.24, 2.45) is 0 Å². The van der Waals surface area contributed by atoms with Gasteiger partial charge in [0.1, 0.15) is 5.15 Å². The number of pyridine rings is 1. The molecule has 0 aromatic carbocycles. The molecule has 0 aliphatic heterocycles. The number of halogens is 2. The van der Waals surface area contributed by atoms with Gasteiger partial charge in [0.15, 0.2) is 0 Å². The minimum Gasteiger partial charge on any atom is -0.309 e. The molecule has 13 heavy (non-hydrogen) atoms. The van der Waals surface area contributed by atoms with Crippen LogP contribution in [0.4, 0.5) is 0 Å². The summed E-state index contributed by atoms with van der Waals surface area (Å²) in [6.45, 7) is 0.642. The Kier molecular flexibility index (Phi) is 4.23. The van der Waals surface area contributed by atoms with E-state index in [0.717, 1.165) is 10.0 Å². The van der Waals surface area contributed by atoms with Crippen molar-refractivity contribution < 1.29 is 0 Å². The van der Waals surface area contributed by atoms with Crippen LogP contribution in [-0.4, -0.2) is 18.6 Å². The maximum atomic E-state index is 5.82. The Labute approximate surface area is 90.8 Å². The van der Waals surface area contributed by atoms with Gasteiger partial charge in [-0.05, 0) is 29.0 Å². The summed E-state index contributed by atoms with van der Waals surface area (Å²) < 4.78 is 0.880. The quantitative estimate of drug-likeness (QED) is 0.617. The largest absolute Gasteiger partial charge is 0.309 e. The van der Waals surface area contributed by atoms with Gasteiger partial charge in [-0.2, -0.15) is 0 Å². The van der Waals surface area contributed by atoms with E-state index >= 15 is 0 Å². The van der Waals surface area contributed by atoms with Crippen LogP contribution in [-0.2, 0) is 0 Å². The smallest absolute Gasteiger partial charge is 0.144 e. The highest BCUT2D eigenvalue weighted by Gasteiger charge is 1.97. The van der Waals surface area contributed by atoms with Crippen LogP contribution in [0.2, 0.25) is 5.15 Å². The van der Waals surface area contributed by atoms with Crippen molar-refractivity contribution in [2.75, 3.05) is 13.6 Å². The molecule has 0 radical (unpaired) electrons. The first kappa shape index (κ1) is 10.5. The van der Waals surface area contributed by atoms with E-state index in [1.807, 2.05) is 13.1 Å². The van der Waals surface area contributed by atoms with Crippen molar-refractivity contribution in [3.05, 3.63) is 27.5 Å². The Morgan fingerprint density at radius 3 is 3.15 bits per heavy atom. The number of aromatic nitrogens is 1. The second-order valence-electron chi connectivity index (χ2n) is 2.32. The van der Waals surface area contributed by atoms with Gasteiger partial charge in [-0.3, -0.25) is 0 Å². The zero-order valence-electron chi connectivity index (χ0n) is 7.06. The Hall–Kier alpha value is -0.560. The van der Waals surface area contributed by atoms with Crippen LogP contribution in [0.15, 0.2) is 16.7 Å². The lowest BCUT2D eigenvalue weighted by atomic mass is 10.3. The third-order valence-corrected chi connectivity index (χ3v) is 2.03. The van der Waals surface area contributed by atoms with Gasteiger partial charge in [0, 0.05) is 10.7 Å². The van der Waals surface area contributed by atoms with Crippen LogP contribution in [0.25, 0.3) is 0 Å². The second kappa shape index (κ2) is 5.23. The fourth-order valence-corrected chi connectivity index (χ4v) is 1.22. The molecule has 0 aliphatic carbocycles. The zero-order valence-corrected chi connectivity index (χ0v) is 9.41. The summed E-state index contributed by atoms with van der Waals surface area (Å²) in [4.78, 5) is 3.95. The lowest BCUT2D eigenvalue weighted by Crippen LogP contribution is -2.04. The standard InChI is InChI=1S/C9H8BrClN2/c1-12-4-2-3-7-5-8(10)6-13-9(7)11/h5-6,12H,4H2,1H3. The molecule has 0 amide bonds. The van der Waals surface area contributed by atoms with E-state index in [1.165, 1.54) is 0 Å². The van der Waals surface area contributed by atoms with E-state index < -0.39 is 0 Å².